The van der Waals surface area contributed by atoms with E-state index in [1.807, 2.05) is 20.8 Å². The lowest BCUT2D eigenvalue weighted by Gasteiger charge is -2.20. The first-order chi connectivity index (χ1) is 9.20. The molecule has 0 aromatic heterocycles. The summed E-state index contributed by atoms with van der Waals surface area (Å²) in [5, 5.41) is 8.07. The first kappa shape index (κ1) is 18.4. The van der Waals surface area contributed by atoms with Crippen LogP contribution in [-0.4, -0.2) is 36.3 Å². The van der Waals surface area contributed by atoms with Crippen LogP contribution in [0.3, 0.4) is 0 Å². The van der Waals surface area contributed by atoms with Crippen LogP contribution in [-0.2, 0) is 14.4 Å². The van der Waals surface area contributed by atoms with Crippen molar-refractivity contribution in [3.8, 4) is 0 Å². The topological polar surface area (TPSA) is 87.3 Å². The van der Waals surface area contributed by atoms with Crippen LogP contribution in [0.4, 0.5) is 0 Å². The highest BCUT2D eigenvalue weighted by atomic mass is 16.2. The highest BCUT2D eigenvalue weighted by Crippen LogP contribution is 1.99. The average molecular weight is 285 g/mol. The lowest BCUT2D eigenvalue weighted by molar-refractivity contribution is -0.126. The molecule has 0 atom stereocenters. The van der Waals surface area contributed by atoms with E-state index in [9.17, 15) is 14.4 Å². The number of hydrogen-bond donors (Lipinski definition) is 3. The Morgan fingerprint density at radius 1 is 0.900 bits per heavy atom. The molecule has 0 aliphatic rings. The van der Waals surface area contributed by atoms with Gasteiger partial charge in [-0.1, -0.05) is 6.42 Å². The molecule has 0 bridgehead atoms. The van der Waals surface area contributed by atoms with E-state index in [0.29, 0.717) is 13.0 Å². The van der Waals surface area contributed by atoms with Crippen LogP contribution in [0.1, 0.15) is 53.4 Å². The van der Waals surface area contributed by atoms with Crippen molar-refractivity contribution < 1.29 is 14.4 Å². The Morgan fingerprint density at radius 2 is 1.55 bits per heavy atom. The van der Waals surface area contributed by atoms with Crippen LogP contribution < -0.4 is 16.0 Å². The van der Waals surface area contributed by atoms with Crippen molar-refractivity contribution >= 4 is 17.7 Å². The zero-order valence-corrected chi connectivity index (χ0v) is 13.0. The fourth-order valence-corrected chi connectivity index (χ4v) is 1.58. The molecule has 6 heteroatoms. The van der Waals surface area contributed by atoms with Gasteiger partial charge in [-0.2, -0.15) is 0 Å². The fourth-order valence-electron chi connectivity index (χ4n) is 1.58. The minimum atomic E-state index is -0.286. The third kappa shape index (κ3) is 12.9. The molecule has 0 unspecified atom stereocenters. The highest BCUT2D eigenvalue weighted by molar-refractivity contribution is 5.84. The number of carbonyl (C=O) groups excluding carboxylic acids is 3. The minimum Gasteiger partial charge on any atom is -0.356 e. The fraction of sp³-hybridized carbons (Fsp3) is 0.786. The van der Waals surface area contributed by atoms with Crippen molar-refractivity contribution in [2.75, 3.05) is 13.1 Å². The van der Waals surface area contributed by atoms with Crippen molar-refractivity contribution in [2.24, 2.45) is 0 Å². The average Bonchev–Trinajstić information content (AvgIpc) is 2.28. The standard InChI is InChI=1S/C14H27N3O3/c1-11(18)15-9-7-5-6-8-12(19)16-10-13(20)17-14(2,3)4/h5-10H2,1-4H3,(H,15,18)(H,16,19)(H,17,20). The first-order valence-electron chi connectivity index (χ1n) is 7.03. The summed E-state index contributed by atoms with van der Waals surface area (Å²) in [6, 6.07) is 0. The maximum Gasteiger partial charge on any atom is 0.239 e. The predicted molar refractivity (Wildman–Crippen MR) is 78.1 cm³/mol. The molecule has 0 fully saturated rings. The van der Waals surface area contributed by atoms with Gasteiger partial charge in [-0.05, 0) is 33.6 Å². The van der Waals surface area contributed by atoms with Crippen LogP contribution in [0.25, 0.3) is 0 Å². The monoisotopic (exact) mass is 285 g/mol. The zero-order chi connectivity index (χ0) is 15.6. The number of nitrogens with one attached hydrogen (secondary N) is 3. The summed E-state index contributed by atoms with van der Waals surface area (Å²) in [7, 11) is 0. The summed E-state index contributed by atoms with van der Waals surface area (Å²) in [5.41, 5.74) is -0.286. The summed E-state index contributed by atoms with van der Waals surface area (Å²) in [4.78, 5) is 33.6. The molecule has 0 rings (SSSR count). The second-order valence-corrected chi connectivity index (χ2v) is 5.87. The van der Waals surface area contributed by atoms with Crippen molar-refractivity contribution in [1.82, 2.24) is 16.0 Å². The van der Waals surface area contributed by atoms with Crippen LogP contribution in [0.2, 0.25) is 0 Å². The Morgan fingerprint density at radius 3 is 2.10 bits per heavy atom. The Hall–Kier alpha value is -1.59. The van der Waals surface area contributed by atoms with Gasteiger partial charge in [0.05, 0.1) is 6.54 Å². The number of hydrogen-bond acceptors (Lipinski definition) is 3. The van der Waals surface area contributed by atoms with Gasteiger partial charge in [0.25, 0.3) is 0 Å². The van der Waals surface area contributed by atoms with E-state index in [0.717, 1.165) is 19.3 Å². The molecule has 0 aliphatic carbocycles. The van der Waals surface area contributed by atoms with Crippen LogP contribution in [0, 0.1) is 0 Å². The van der Waals surface area contributed by atoms with Crippen molar-refractivity contribution in [1.29, 1.82) is 0 Å². The molecule has 3 amide bonds. The summed E-state index contributed by atoms with van der Waals surface area (Å²) in [5.74, 6) is -0.335. The Bertz CT molecular complexity index is 335. The van der Waals surface area contributed by atoms with Gasteiger partial charge in [0.15, 0.2) is 0 Å². The van der Waals surface area contributed by atoms with Crippen LogP contribution in [0.5, 0.6) is 0 Å². The van der Waals surface area contributed by atoms with Gasteiger partial charge in [0.1, 0.15) is 0 Å². The Kier molecular flexibility index (Phi) is 8.59. The van der Waals surface area contributed by atoms with E-state index < -0.39 is 0 Å². The van der Waals surface area contributed by atoms with Crippen LogP contribution in [0.15, 0.2) is 0 Å². The highest BCUT2D eigenvalue weighted by Gasteiger charge is 2.13. The molecule has 0 radical (unpaired) electrons. The Balaban J connectivity index is 3.55. The van der Waals surface area contributed by atoms with Gasteiger partial charge in [-0.25, -0.2) is 0 Å². The molecular weight excluding hydrogens is 258 g/mol. The summed E-state index contributed by atoms with van der Waals surface area (Å²) in [6.45, 7) is 7.81. The maximum absolute atomic E-state index is 11.5. The number of rotatable bonds is 8. The van der Waals surface area contributed by atoms with E-state index >= 15 is 0 Å². The summed E-state index contributed by atoms with van der Waals surface area (Å²) >= 11 is 0. The second-order valence-electron chi connectivity index (χ2n) is 5.87. The molecule has 0 saturated heterocycles. The normalized spacial score (nSPS) is 10.8. The maximum atomic E-state index is 11.5. The van der Waals surface area contributed by atoms with E-state index in [2.05, 4.69) is 16.0 Å². The largest absolute Gasteiger partial charge is 0.356 e. The zero-order valence-electron chi connectivity index (χ0n) is 13.0. The van der Waals surface area contributed by atoms with Crippen molar-refractivity contribution in [3.05, 3.63) is 0 Å². The van der Waals surface area contributed by atoms with Gasteiger partial charge in [-0.3, -0.25) is 14.4 Å². The van der Waals surface area contributed by atoms with Crippen molar-refractivity contribution in [2.45, 2.75) is 58.9 Å². The number of amides is 3. The van der Waals surface area contributed by atoms with E-state index in [1.54, 1.807) is 0 Å². The summed E-state index contributed by atoms with van der Waals surface area (Å²) < 4.78 is 0. The molecular formula is C14H27N3O3. The third-order valence-corrected chi connectivity index (χ3v) is 2.42. The molecule has 6 nitrogen and oxygen atoms in total. The molecule has 0 spiro atoms. The third-order valence-electron chi connectivity index (χ3n) is 2.42. The van der Waals surface area contributed by atoms with Gasteiger partial charge >= 0.3 is 0 Å². The van der Waals surface area contributed by atoms with Gasteiger partial charge < -0.3 is 16.0 Å². The first-order valence-corrected chi connectivity index (χ1v) is 7.03. The molecule has 3 N–H and O–H groups in total. The lowest BCUT2D eigenvalue weighted by Crippen LogP contribution is -2.45. The quantitative estimate of drug-likeness (QED) is 0.574. The SMILES string of the molecule is CC(=O)NCCCCCC(=O)NCC(=O)NC(C)(C)C. The summed E-state index contributed by atoms with van der Waals surface area (Å²) in [6.07, 6.45) is 2.90. The van der Waals surface area contributed by atoms with Gasteiger partial charge in [0.2, 0.25) is 17.7 Å². The smallest absolute Gasteiger partial charge is 0.239 e. The minimum absolute atomic E-state index is 0.0159. The number of carbonyl (C=O) groups is 3. The molecule has 0 aromatic carbocycles. The number of unbranched alkanes of at least 4 members (excludes halogenated alkanes) is 2. The molecule has 0 heterocycles. The van der Waals surface area contributed by atoms with E-state index in [1.165, 1.54) is 6.92 Å². The molecule has 0 aliphatic heterocycles. The predicted octanol–water partition coefficient (Wildman–Crippen LogP) is 0.714. The molecule has 0 saturated carbocycles. The molecule has 116 valence electrons. The second kappa shape index (κ2) is 9.34. The van der Waals surface area contributed by atoms with Gasteiger partial charge in [-0.15, -0.1) is 0 Å². The van der Waals surface area contributed by atoms with Gasteiger partial charge in [0, 0.05) is 25.4 Å². The van der Waals surface area contributed by atoms with E-state index in [-0.39, 0.29) is 29.8 Å². The molecule has 0 aromatic rings. The lowest BCUT2D eigenvalue weighted by atomic mass is 10.1. The van der Waals surface area contributed by atoms with E-state index in [4.69, 9.17) is 0 Å². The van der Waals surface area contributed by atoms with Crippen LogP contribution >= 0.6 is 0 Å². The Labute approximate surface area is 121 Å². The molecule has 20 heavy (non-hydrogen) atoms. The van der Waals surface area contributed by atoms with Crippen molar-refractivity contribution in [3.63, 3.8) is 0 Å².